The van der Waals surface area contributed by atoms with Gasteiger partial charge in [-0.1, -0.05) is 18.2 Å². The summed E-state index contributed by atoms with van der Waals surface area (Å²) in [5.41, 5.74) is 5.86. The van der Waals surface area contributed by atoms with Crippen LogP contribution in [0.15, 0.2) is 30.3 Å². The Morgan fingerprint density at radius 2 is 1.89 bits per heavy atom. The molecule has 5 heteroatoms. The molecule has 4 N–H and O–H groups in total. The van der Waals surface area contributed by atoms with Crippen molar-refractivity contribution in [2.75, 3.05) is 11.4 Å². The van der Waals surface area contributed by atoms with E-state index < -0.39 is 0 Å². The molecule has 2 amide bonds. The predicted molar refractivity (Wildman–Crippen MR) is 78.6 cm³/mol. The predicted octanol–water partition coefficient (Wildman–Crippen LogP) is 2.33. The third kappa shape index (κ3) is 5.42. The molecule has 1 rings (SSSR count). The number of nitrogens with one attached hydrogen (secondary N) is 2. The van der Waals surface area contributed by atoms with E-state index in [1.165, 1.54) is 0 Å². The molecular weight excluding hydrogens is 240 g/mol. The maximum Gasteiger partial charge on any atom is 0.322 e. The third-order valence-electron chi connectivity index (χ3n) is 2.40. The van der Waals surface area contributed by atoms with Crippen LogP contribution in [0.4, 0.5) is 10.5 Å². The van der Waals surface area contributed by atoms with Crippen LogP contribution < -0.4 is 16.0 Å². The molecule has 0 aliphatic rings. The molecule has 0 spiro atoms. The van der Waals surface area contributed by atoms with Gasteiger partial charge in [0.2, 0.25) is 0 Å². The minimum absolute atomic E-state index is 0.0736. The first-order valence-electron chi connectivity index (χ1n) is 6.27. The highest BCUT2D eigenvalue weighted by molar-refractivity contribution is 5.93. The van der Waals surface area contributed by atoms with Crippen molar-refractivity contribution in [3.8, 4) is 0 Å². The first-order chi connectivity index (χ1) is 8.79. The lowest BCUT2D eigenvalue weighted by atomic mass is 10.1. The summed E-state index contributed by atoms with van der Waals surface area (Å²) in [7, 11) is 0. The summed E-state index contributed by atoms with van der Waals surface area (Å²) in [6.07, 6.45) is 0.354. The molecule has 19 heavy (non-hydrogen) atoms. The fraction of sp³-hybridized carbons (Fsp3) is 0.429. The second-order valence-electron chi connectivity index (χ2n) is 5.44. The molecule has 0 heterocycles. The van der Waals surface area contributed by atoms with E-state index in [0.29, 0.717) is 13.0 Å². The van der Waals surface area contributed by atoms with E-state index in [2.05, 4.69) is 5.32 Å². The van der Waals surface area contributed by atoms with Gasteiger partial charge in [0.1, 0.15) is 0 Å². The quantitative estimate of drug-likeness (QED) is 0.575. The van der Waals surface area contributed by atoms with Crippen LogP contribution in [-0.2, 0) is 0 Å². The monoisotopic (exact) mass is 262 g/mol. The number of hydrogen-bond donors (Lipinski definition) is 3. The van der Waals surface area contributed by atoms with Gasteiger partial charge in [0.25, 0.3) is 0 Å². The van der Waals surface area contributed by atoms with Gasteiger partial charge < -0.3 is 11.1 Å². The number of hydrogen-bond acceptors (Lipinski definition) is 2. The number of carbonyl (C=O) groups excluding carboxylic acids is 1. The van der Waals surface area contributed by atoms with Crippen LogP contribution >= 0.6 is 0 Å². The minimum Gasteiger partial charge on any atom is -0.388 e. The summed E-state index contributed by atoms with van der Waals surface area (Å²) in [6.45, 7) is 6.18. The zero-order chi connectivity index (χ0) is 14.5. The molecular formula is C14H22N4O. The van der Waals surface area contributed by atoms with Crippen LogP contribution in [0.5, 0.6) is 0 Å². The Kier molecular flexibility index (Phi) is 4.92. The Hall–Kier alpha value is -2.04. The second-order valence-corrected chi connectivity index (χ2v) is 5.44. The van der Waals surface area contributed by atoms with Crippen LogP contribution in [0.1, 0.15) is 27.2 Å². The Balaban J connectivity index is 2.86. The number of nitrogens with two attached hydrogens (primary N) is 1. The summed E-state index contributed by atoms with van der Waals surface area (Å²) in [5, 5.41) is 10.2. The molecule has 104 valence electrons. The van der Waals surface area contributed by atoms with Gasteiger partial charge in [-0.25, -0.2) is 4.79 Å². The van der Waals surface area contributed by atoms with Gasteiger partial charge in [-0.2, -0.15) is 0 Å². The van der Waals surface area contributed by atoms with E-state index in [-0.39, 0.29) is 17.4 Å². The van der Waals surface area contributed by atoms with Crippen molar-refractivity contribution in [3.63, 3.8) is 0 Å². The van der Waals surface area contributed by atoms with Crippen molar-refractivity contribution in [2.24, 2.45) is 5.73 Å². The maximum absolute atomic E-state index is 12.3. The van der Waals surface area contributed by atoms with E-state index in [4.69, 9.17) is 11.1 Å². The fourth-order valence-electron chi connectivity index (χ4n) is 1.58. The zero-order valence-corrected chi connectivity index (χ0v) is 11.7. The minimum atomic E-state index is -0.305. The molecule has 0 radical (unpaired) electrons. The summed E-state index contributed by atoms with van der Waals surface area (Å²) >= 11 is 0. The first kappa shape index (κ1) is 15.0. The Labute approximate surface area is 114 Å². The number of urea groups is 1. The summed E-state index contributed by atoms with van der Waals surface area (Å²) in [4.78, 5) is 13.9. The van der Waals surface area contributed by atoms with Crippen LogP contribution in [-0.4, -0.2) is 24.0 Å². The molecule has 0 saturated carbocycles. The topological polar surface area (TPSA) is 82.2 Å². The number of para-hydroxylation sites is 1. The lowest BCUT2D eigenvalue weighted by Crippen LogP contribution is -2.49. The van der Waals surface area contributed by atoms with Crippen molar-refractivity contribution >= 4 is 17.6 Å². The average Bonchev–Trinajstić information content (AvgIpc) is 2.27. The molecule has 1 aromatic rings. The average molecular weight is 262 g/mol. The van der Waals surface area contributed by atoms with Crippen LogP contribution in [0, 0.1) is 5.41 Å². The molecule has 0 aliphatic heterocycles. The van der Waals surface area contributed by atoms with Crippen LogP contribution in [0.2, 0.25) is 0 Å². The Morgan fingerprint density at radius 3 is 2.37 bits per heavy atom. The summed E-state index contributed by atoms with van der Waals surface area (Å²) < 4.78 is 0. The van der Waals surface area contributed by atoms with Gasteiger partial charge in [-0.3, -0.25) is 10.3 Å². The first-order valence-corrected chi connectivity index (χ1v) is 6.27. The second kappa shape index (κ2) is 6.22. The van der Waals surface area contributed by atoms with Gasteiger partial charge in [0.05, 0.1) is 5.84 Å². The smallest absolute Gasteiger partial charge is 0.322 e. The number of anilines is 1. The van der Waals surface area contributed by atoms with Gasteiger partial charge in [-0.15, -0.1) is 0 Å². The van der Waals surface area contributed by atoms with Crippen molar-refractivity contribution < 1.29 is 4.79 Å². The van der Waals surface area contributed by atoms with E-state index in [0.717, 1.165) is 5.69 Å². The number of carbonyl (C=O) groups is 1. The summed E-state index contributed by atoms with van der Waals surface area (Å²) in [5.74, 6) is 0.0736. The molecule has 0 unspecified atom stereocenters. The largest absolute Gasteiger partial charge is 0.388 e. The number of nitrogens with zero attached hydrogens (tertiary/aromatic N) is 1. The SMILES string of the molecule is CC(C)(C)NC(=O)N(CCC(=N)N)c1ccccc1. The highest BCUT2D eigenvalue weighted by Gasteiger charge is 2.20. The van der Waals surface area contributed by atoms with Gasteiger partial charge in [0.15, 0.2) is 0 Å². The number of amides is 2. The fourth-order valence-corrected chi connectivity index (χ4v) is 1.58. The molecule has 5 nitrogen and oxygen atoms in total. The zero-order valence-electron chi connectivity index (χ0n) is 11.7. The molecule has 0 saturated heterocycles. The van der Waals surface area contributed by atoms with Crippen LogP contribution in [0.25, 0.3) is 0 Å². The van der Waals surface area contributed by atoms with Crippen molar-refractivity contribution in [1.29, 1.82) is 5.41 Å². The van der Waals surface area contributed by atoms with Crippen molar-refractivity contribution in [1.82, 2.24) is 5.32 Å². The van der Waals surface area contributed by atoms with Gasteiger partial charge in [0, 0.05) is 24.2 Å². The summed E-state index contributed by atoms with van der Waals surface area (Å²) in [6, 6.07) is 9.19. The van der Waals surface area contributed by atoms with E-state index >= 15 is 0 Å². The van der Waals surface area contributed by atoms with E-state index in [9.17, 15) is 4.79 Å². The molecule has 0 aromatic heterocycles. The standard InChI is InChI=1S/C14H22N4O/c1-14(2,3)17-13(19)18(10-9-12(15)16)11-7-5-4-6-8-11/h4-8H,9-10H2,1-3H3,(H3,15,16)(H,17,19). The normalized spacial score (nSPS) is 10.9. The van der Waals surface area contributed by atoms with Gasteiger partial charge >= 0.3 is 6.03 Å². The third-order valence-corrected chi connectivity index (χ3v) is 2.40. The lowest BCUT2D eigenvalue weighted by molar-refractivity contribution is 0.238. The Bertz CT molecular complexity index is 437. The molecule has 0 fully saturated rings. The van der Waals surface area contributed by atoms with Crippen molar-refractivity contribution in [2.45, 2.75) is 32.7 Å². The van der Waals surface area contributed by atoms with E-state index in [1.807, 2.05) is 51.1 Å². The number of amidine groups is 1. The molecule has 1 aromatic carbocycles. The van der Waals surface area contributed by atoms with Crippen LogP contribution in [0.3, 0.4) is 0 Å². The molecule has 0 bridgehead atoms. The van der Waals surface area contributed by atoms with Gasteiger partial charge in [-0.05, 0) is 32.9 Å². The number of benzene rings is 1. The highest BCUT2D eigenvalue weighted by atomic mass is 16.2. The number of rotatable bonds is 4. The lowest BCUT2D eigenvalue weighted by Gasteiger charge is -2.28. The molecule has 0 atom stereocenters. The van der Waals surface area contributed by atoms with E-state index in [1.54, 1.807) is 4.90 Å². The van der Waals surface area contributed by atoms with Crippen molar-refractivity contribution in [3.05, 3.63) is 30.3 Å². The Morgan fingerprint density at radius 1 is 1.32 bits per heavy atom. The maximum atomic E-state index is 12.3. The molecule has 0 aliphatic carbocycles. The highest BCUT2D eigenvalue weighted by Crippen LogP contribution is 2.15.